The van der Waals surface area contributed by atoms with Crippen LogP contribution in [0.5, 0.6) is 11.5 Å². The molecule has 1 spiro atoms. The second-order valence-electron chi connectivity index (χ2n) is 6.58. The molecule has 1 saturated heterocycles. The number of para-hydroxylation sites is 1. The minimum atomic E-state index is -0.701. The van der Waals surface area contributed by atoms with Crippen molar-refractivity contribution >= 4 is 11.9 Å². The Morgan fingerprint density at radius 1 is 1.17 bits per heavy atom. The van der Waals surface area contributed by atoms with Crippen LogP contribution >= 0.6 is 0 Å². The van der Waals surface area contributed by atoms with E-state index < -0.39 is 5.97 Å². The van der Waals surface area contributed by atoms with Gasteiger partial charge in [-0.2, -0.15) is 0 Å². The van der Waals surface area contributed by atoms with Crippen molar-refractivity contribution in [3.05, 3.63) is 23.8 Å². The van der Waals surface area contributed by atoms with Crippen molar-refractivity contribution < 1.29 is 24.2 Å². The Morgan fingerprint density at radius 3 is 2.61 bits per heavy atom. The molecule has 1 aliphatic carbocycles. The number of nitrogens with zero attached hydrogens (tertiary/aromatic N) is 1. The number of hydrogen-bond donors (Lipinski definition) is 1. The molecular formula is C17H19NO5. The van der Waals surface area contributed by atoms with Crippen LogP contribution in [-0.2, 0) is 4.79 Å². The molecule has 1 unspecified atom stereocenters. The molecule has 2 aliphatic heterocycles. The van der Waals surface area contributed by atoms with Gasteiger partial charge in [0.1, 0.15) is 13.2 Å². The lowest BCUT2D eigenvalue weighted by Gasteiger charge is -2.33. The third kappa shape index (κ3) is 2.33. The Morgan fingerprint density at radius 2 is 1.91 bits per heavy atom. The van der Waals surface area contributed by atoms with E-state index in [1.807, 2.05) is 0 Å². The zero-order valence-corrected chi connectivity index (χ0v) is 12.8. The number of likely N-dealkylation sites (tertiary alicyclic amines) is 1. The van der Waals surface area contributed by atoms with Gasteiger partial charge in [-0.05, 0) is 36.8 Å². The Labute approximate surface area is 134 Å². The van der Waals surface area contributed by atoms with Crippen LogP contribution in [0.1, 0.15) is 29.6 Å². The summed E-state index contributed by atoms with van der Waals surface area (Å²) in [6.45, 7) is 2.15. The third-order valence-electron chi connectivity index (χ3n) is 5.33. The van der Waals surface area contributed by atoms with Gasteiger partial charge in [-0.1, -0.05) is 6.07 Å². The van der Waals surface area contributed by atoms with Crippen molar-refractivity contribution in [2.75, 3.05) is 26.3 Å². The van der Waals surface area contributed by atoms with Gasteiger partial charge in [0.2, 0.25) is 0 Å². The highest BCUT2D eigenvalue weighted by atomic mass is 16.6. The number of carboxylic acid groups (broad SMARTS) is 1. The number of fused-ring (bicyclic) bond motifs is 1. The number of ether oxygens (including phenoxy) is 2. The Hall–Kier alpha value is -2.24. The maximum Gasteiger partial charge on any atom is 0.307 e. The molecule has 0 aromatic heterocycles. The van der Waals surface area contributed by atoms with Crippen molar-refractivity contribution in [2.24, 2.45) is 11.3 Å². The average Bonchev–Trinajstić information content (AvgIpc) is 3.28. The van der Waals surface area contributed by atoms with Gasteiger partial charge in [-0.25, -0.2) is 0 Å². The molecular weight excluding hydrogens is 298 g/mol. The summed E-state index contributed by atoms with van der Waals surface area (Å²) in [5.74, 6) is 0.158. The smallest absolute Gasteiger partial charge is 0.307 e. The van der Waals surface area contributed by atoms with E-state index in [1.165, 1.54) is 0 Å². The lowest BCUT2D eigenvalue weighted by molar-refractivity contribution is -0.139. The minimum Gasteiger partial charge on any atom is -0.486 e. The summed E-state index contributed by atoms with van der Waals surface area (Å²) in [5, 5.41) is 9.15. The van der Waals surface area contributed by atoms with Gasteiger partial charge in [0.25, 0.3) is 5.91 Å². The van der Waals surface area contributed by atoms with Crippen molar-refractivity contribution in [3.63, 3.8) is 0 Å². The molecule has 3 aliphatic rings. The number of hydrogen-bond acceptors (Lipinski definition) is 4. The van der Waals surface area contributed by atoms with Crippen LogP contribution < -0.4 is 9.47 Å². The van der Waals surface area contributed by atoms with Gasteiger partial charge in [0.15, 0.2) is 11.5 Å². The molecule has 1 aromatic rings. The van der Waals surface area contributed by atoms with Crippen LogP contribution in [0.3, 0.4) is 0 Å². The van der Waals surface area contributed by atoms with Crippen LogP contribution in [0.4, 0.5) is 0 Å². The molecule has 1 atom stereocenters. The van der Waals surface area contributed by atoms with Crippen LogP contribution in [0.25, 0.3) is 0 Å². The molecule has 1 aromatic carbocycles. The van der Waals surface area contributed by atoms with Gasteiger partial charge in [0, 0.05) is 13.1 Å². The van der Waals surface area contributed by atoms with E-state index in [1.54, 1.807) is 23.1 Å². The van der Waals surface area contributed by atoms with E-state index in [-0.39, 0.29) is 17.2 Å². The number of aliphatic carboxylic acids is 1. The molecule has 4 rings (SSSR count). The number of benzene rings is 1. The fourth-order valence-corrected chi connectivity index (χ4v) is 3.82. The van der Waals surface area contributed by atoms with E-state index in [9.17, 15) is 9.59 Å². The molecule has 0 radical (unpaired) electrons. The highest BCUT2D eigenvalue weighted by Crippen LogP contribution is 2.59. The molecule has 2 fully saturated rings. The summed E-state index contributed by atoms with van der Waals surface area (Å²) < 4.78 is 11.1. The first-order valence-corrected chi connectivity index (χ1v) is 8.01. The summed E-state index contributed by atoms with van der Waals surface area (Å²) in [7, 11) is 0. The minimum absolute atomic E-state index is 0.0604. The second-order valence-corrected chi connectivity index (χ2v) is 6.58. The molecule has 1 saturated carbocycles. The average molecular weight is 317 g/mol. The van der Waals surface area contributed by atoms with Gasteiger partial charge in [0.05, 0.1) is 11.5 Å². The normalized spacial score (nSPS) is 24.3. The number of carbonyl (C=O) groups is 2. The number of carboxylic acids is 1. The molecule has 122 valence electrons. The molecule has 6 nitrogen and oxygen atoms in total. The first-order valence-electron chi connectivity index (χ1n) is 8.01. The Kier molecular flexibility index (Phi) is 3.21. The number of amides is 1. The van der Waals surface area contributed by atoms with E-state index >= 15 is 0 Å². The Bertz CT molecular complexity index is 663. The summed E-state index contributed by atoms with van der Waals surface area (Å²) in [6, 6.07) is 5.36. The first-order chi connectivity index (χ1) is 11.1. The van der Waals surface area contributed by atoms with E-state index in [0.29, 0.717) is 43.4 Å². The molecule has 0 bridgehead atoms. The monoisotopic (exact) mass is 317 g/mol. The quantitative estimate of drug-likeness (QED) is 0.900. The fourth-order valence-electron chi connectivity index (χ4n) is 3.82. The highest BCUT2D eigenvalue weighted by molar-refractivity contribution is 5.98. The fraction of sp³-hybridized carbons (Fsp3) is 0.529. The van der Waals surface area contributed by atoms with Gasteiger partial charge < -0.3 is 19.5 Å². The molecule has 1 amide bonds. The van der Waals surface area contributed by atoms with Gasteiger partial charge in [-0.15, -0.1) is 0 Å². The maximum absolute atomic E-state index is 12.8. The largest absolute Gasteiger partial charge is 0.486 e. The molecule has 23 heavy (non-hydrogen) atoms. The van der Waals surface area contributed by atoms with E-state index in [4.69, 9.17) is 14.6 Å². The van der Waals surface area contributed by atoms with Gasteiger partial charge >= 0.3 is 5.97 Å². The SMILES string of the molecule is O=C(O)C1CC12CCN(C(=O)c1cccc3c1OCCO3)CC2. The van der Waals surface area contributed by atoms with Gasteiger partial charge in [-0.3, -0.25) is 9.59 Å². The van der Waals surface area contributed by atoms with Crippen molar-refractivity contribution in [1.82, 2.24) is 4.90 Å². The summed E-state index contributed by atoms with van der Waals surface area (Å²) in [4.78, 5) is 25.7. The van der Waals surface area contributed by atoms with Crippen LogP contribution in [0.15, 0.2) is 18.2 Å². The molecule has 1 N–H and O–H groups in total. The van der Waals surface area contributed by atoms with Crippen molar-refractivity contribution in [1.29, 1.82) is 0 Å². The maximum atomic E-state index is 12.8. The third-order valence-corrected chi connectivity index (χ3v) is 5.33. The molecule has 2 heterocycles. The summed E-state index contributed by atoms with van der Waals surface area (Å²) >= 11 is 0. The predicted molar refractivity (Wildman–Crippen MR) is 80.7 cm³/mol. The highest BCUT2D eigenvalue weighted by Gasteiger charge is 2.59. The number of rotatable bonds is 2. The van der Waals surface area contributed by atoms with Crippen LogP contribution in [0.2, 0.25) is 0 Å². The molecule has 6 heteroatoms. The zero-order chi connectivity index (χ0) is 16.0. The van der Waals surface area contributed by atoms with Crippen LogP contribution in [-0.4, -0.2) is 48.2 Å². The zero-order valence-electron chi connectivity index (χ0n) is 12.8. The lowest BCUT2D eigenvalue weighted by Crippen LogP contribution is -2.40. The number of carbonyl (C=O) groups excluding carboxylic acids is 1. The van der Waals surface area contributed by atoms with Crippen molar-refractivity contribution in [2.45, 2.75) is 19.3 Å². The summed E-state index contributed by atoms with van der Waals surface area (Å²) in [5.41, 5.74) is 0.460. The number of piperidine rings is 1. The standard InChI is InChI=1S/C17H19NO5/c19-15(11-2-1-3-13-14(11)23-9-8-22-13)18-6-4-17(5-7-18)10-12(17)16(20)21/h1-3,12H,4-10H2,(H,20,21). The van der Waals surface area contributed by atoms with E-state index in [2.05, 4.69) is 0 Å². The predicted octanol–water partition coefficient (Wildman–Crippen LogP) is 1.78. The van der Waals surface area contributed by atoms with E-state index in [0.717, 1.165) is 19.3 Å². The first kappa shape index (κ1) is 14.4. The summed E-state index contributed by atoms with van der Waals surface area (Å²) in [6.07, 6.45) is 2.28. The topological polar surface area (TPSA) is 76.1 Å². The Balaban J connectivity index is 1.48. The van der Waals surface area contributed by atoms with Crippen LogP contribution in [0, 0.1) is 11.3 Å². The second kappa shape index (κ2) is 5.15. The lowest BCUT2D eigenvalue weighted by atomic mass is 9.90. The van der Waals surface area contributed by atoms with Crippen molar-refractivity contribution in [3.8, 4) is 11.5 Å².